The maximum atomic E-state index is 10.8. The first kappa shape index (κ1) is 12.8. The predicted molar refractivity (Wildman–Crippen MR) is 73.2 cm³/mol. The van der Waals surface area contributed by atoms with Gasteiger partial charge in [0.05, 0.1) is 17.7 Å². The molecule has 0 atom stereocenters. The van der Waals surface area contributed by atoms with Crippen LogP contribution in [0.25, 0.3) is 11.3 Å². The Morgan fingerprint density at radius 3 is 2.95 bits per heavy atom. The molecule has 0 bridgehead atoms. The minimum Gasteiger partial charge on any atom is -0.439 e. The molecule has 1 aliphatic rings. The molecule has 0 radical (unpaired) electrons. The van der Waals surface area contributed by atoms with Gasteiger partial charge in [0.15, 0.2) is 5.76 Å². The van der Waals surface area contributed by atoms with Gasteiger partial charge in [-0.2, -0.15) is 0 Å². The van der Waals surface area contributed by atoms with Gasteiger partial charge in [0.2, 0.25) is 5.89 Å². The highest BCUT2D eigenvalue weighted by atomic mass is 16.6. The van der Waals surface area contributed by atoms with E-state index in [-0.39, 0.29) is 10.6 Å². The van der Waals surface area contributed by atoms with Crippen LogP contribution in [0.2, 0.25) is 0 Å². The number of hydrogen-bond acceptors (Lipinski definition) is 5. The third-order valence-corrected chi connectivity index (χ3v) is 3.35. The Morgan fingerprint density at radius 2 is 2.30 bits per heavy atom. The van der Waals surface area contributed by atoms with Crippen molar-refractivity contribution in [3.05, 3.63) is 46.0 Å². The van der Waals surface area contributed by atoms with E-state index < -0.39 is 0 Å². The molecule has 1 heterocycles. The number of nitro benzene ring substituents is 1. The SMILES string of the molecule is Cc1cc(-c2cnc(CNC3CC3)o2)ccc1[N+](=O)[O-]. The lowest BCUT2D eigenvalue weighted by molar-refractivity contribution is -0.385. The third-order valence-electron chi connectivity index (χ3n) is 3.35. The molecule has 6 nitrogen and oxygen atoms in total. The van der Waals surface area contributed by atoms with Crippen LogP contribution in [0.3, 0.4) is 0 Å². The molecule has 2 aromatic rings. The first-order valence-electron chi connectivity index (χ1n) is 6.57. The van der Waals surface area contributed by atoms with E-state index in [1.165, 1.54) is 18.9 Å². The van der Waals surface area contributed by atoms with Crippen LogP contribution in [0.1, 0.15) is 24.3 Å². The first-order valence-corrected chi connectivity index (χ1v) is 6.57. The van der Waals surface area contributed by atoms with Gasteiger partial charge in [-0.3, -0.25) is 10.1 Å². The lowest BCUT2D eigenvalue weighted by Gasteiger charge is -2.00. The number of aromatic nitrogens is 1. The lowest BCUT2D eigenvalue weighted by Crippen LogP contribution is -2.15. The Kier molecular flexibility index (Phi) is 3.23. The summed E-state index contributed by atoms with van der Waals surface area (Å²) in [4.78, 5) is 14.6. The molecule has 1 aromatic heterocycles. The van der Waals surface area contributed by atoms with Gasteiger partial charge in [0.1, 0.15) is 0 Å². The normalized spacial score (nSPS) is 14.4. The van der Waals surface area contributed by atoms with Gasteiger partial charge >= 0.3 is 0 Å². The summed E-state index contributed by atoms with van der Waals surface area (Å²) < 4.78 is 5.66. The number of nitro groups is 1. The van der Waals surface area contributed by atoms with Gasteiger partial charge in [-0.15, -0.1) is 0 Å². The van der Waals surface area contributed by atoms with Gasteiger partial charge in [0.25, 0.3) is 5.69 Å². The number of aryl methyl sites for hydroxylation is 1. The Balaban J connectivity index is 1.77. The van der Waals surface area contributed by atoms with E-state index in [0.29, 0.717) is 29.8 Å². The average Bonchev–Trinajstić information content (AvgIpc) is 3.13. The largest absolute Gasteiger partial charge is 0.439 e. The highest BCUT2D eigenvalue weighted by Gasteiger charge is 2.21. The number of oxazole rings is 1. The van der Waals surface area contributed by atoms with Crippen molar-refractivity contribution >= 4 is 5.69 Å². The average molecular weight is 273 g/mol. The molecule has 1 N–H and O–H groups in total. The molecule has 0 saturated heterocycles. The maximum Gasteiger partial charge on any atom is 0.272 e. The second kappa shape index (κ2) is 5.05. The Hall–Kier alpha value is -2.21. The molecule has 1 aliphatic carbocycles. The van der Waals surface area contributed by atoms with Crippen LogP contribution in [-0.4, -0.2) is 15.9 Å². The lowest BCUT2D eigenvalue weighted by atomic mass is 10.1. The van der Waals surface area contributed by atoms with Crippen LogP contribution in [0, 0.1) is 17.0 Å². The van der Waals surface area contributed by atoms with E-state index in [0.717, 1.165) is 5.56 Å². The molecule has 3 rings (SSSR count). The van der Waals surface area contributed by atoms with Crippen molar-refractivity contribution in [3.8, 4) is 11.3 Å². The van der Waals surface area contributed by atoms with Gasteiger partial charge < -0.3 is 9.73 Å². The molecule has 0 unspecified atom stereocenters. The van der Waals surface area contributed by atoms with Crippen molar-refractivity contribution in [2.24, 2.45) is 0 Å². The highest BCUT2D eigenvalue weighted by molar-refractivity contribution is 5.61. The number of rotatable bonds is 5. The zero-order valence-electron chi connectivity index (χ0n) is 11.1. The topological polar surface area (TPSA) is 81.2 Å². The van der Waals surface area contributed by atoms with Crippen LogP contribution >= 0.6 is 0 Å². The molecule has 6 heteroatoms. The molecule has 0 amide bonds. The van der Waals surface area contributed by atoms with Crippen molar-refractivity contribution in [3.63, 3.8) is 0 Å². The van der Waals surface area contributed by atoms with E-state index in [4.69, 9.17) is 4.42 Å². The molecular weight excluding hydrogens is 258 g/mol. The van der Waals surface area contributed by atoms with E-state index >= 15 is 0 Å². The van der Waals surface area contributed by atoms with Gasteiger partial charge in [-0.05, 0) is 31.9 Å². The minimum atomic E-state index is -0.384. The zero-order valence-corrected chi connectivity index (χ0v) is 11.1. The summed E-state index contributed by atoms with van der Waals surface area (Å²) in [6, 6.07) is 5.53. The fourth-order valence-electron chi connectivity index (χ4n) is 2.06. The predicted octanol–water partition coefficient (Wildman–Crippen LogP) is 2.81. The molecule has 1 fully saturated rings. The van der Waals surface area contributed by atoms with Crippen LogP contribution in [0.15, 0.2) is 28.8 Å². The maximum absolute atomic E-state index is 10.8. The molecule has 104 valence electrons. The Bertz CT molecular complexity index is 647. The van der Waals surface area contributed by atoms with Crippen molar-refractivity contribution in [2.75, 3.05) is 0 Å². The van der Waals surface area contributed by atoms with Crippen LogP contribution in [0.5, 0.6) is 0 Å². The van der Waals surface area contributed by atoms with Crippen molar-refractivity contribution in [1.82, 2.24) is 10.3 Å². The quantitative estimate of drug-likeness (QED) is 0.669. The standard InChI is InChI=1S/C14H15N3O3/c1-9-6-10(2-5-12(9)17(18)19)13-7-16-14(20-13)8-15-11-3-4-11/h2,5-7,11,15H,3-4,8H2,1H3. The molecular formula is C14H15N3O3. The monoisotopic (exact) mass is 273 g/mol. The first-order chi connectivity index (χ1) is 9.63. The summed E-state index contributed by atoms with van der Waals surface area (Å²) in [6.45, 7) is 2.34. The minimum absolute atomic E-state index is 0.115. The van der Waals surface area contributed by atoms with Crippen molar-refractivity contribution < 1.29 is 9.34 Å². The number of nitrogens with zero attached hydrogens (tertiary/aromatic N) is 2. The summed E-state index contributed by atoms with van der Waals surface area (Å²) >= 11 is 0. The van der Waals surface area contributed by atoms with E-state index in [9.17, 15) is 10.1 Å². The highest BCUT2D eigenvalue weighted by Crippen LogP contribution is 2.27. The number of hydrogen-bond donors (Lipinski definition) is 1. The fourth-order valence-corrected chi connectivity index (χ4v) is 2.06. The second-order valence-electron chi connectivity index (χ2n) is 5.03. The third kappa shape index (κ3) is 2.70. The molecule has 20 heavy (non-hydrogen) atoms. The van der Waals surface area contributed by atoms with Crippen molar-refractivity contribution in [2.45, 2.75) is 32.4 Å². The van der Waals surface area contributed by atoms with Gasteiger partial charge in [-0.1, -0.05) is 0 Å². The van der Waals surface area contributed by atoms with E-state index in [1.54, 1.807) is 25.3 Å². The second-order valence-corrected chi connectivity index (χ2v) is 5.03. The number of benzene rings is 1. The van der Waals surface area contributed by atoms with Crippen molar-refractivity contribution in [1.29, 1.82) is 0 Å². The smallest absolute Gasteiger partial charge is 0.272 e. The fraction of sp³-hybridized carbons (Fsp3) is 0.357. The Morgan fingerprint density at radius 1 is 1.50 bits per heavy atom. The summed E-state index contributed by atoms with van der Waals surface area (Å²) in [7, 11) is 0. The van der Waals surface area contributed by atoms with Gasteiger partial charge in [-0.25, -0.2) is 4.98 Å². The molecule has 1 saturated carbocycles. The van der Waals surface area contributed by atoms with Gasteiger partial charge in [0, 0.05) is 23.2 Å². The molecule has 1 aromatic carbocycles. The van der Waals surface area contributed by atoms with Crippen LogP contribution in [0.4, 0.5) is 5.69 Å². The summed E-state index contributed by atoms with van der Waals surface area (Å²) in [5, 5.41) is 14.1. The summed E-state index contributed by atoms with van der Waals surface area (Å²) in [5.41, 5.74) is 1.53. The number of nitrogens with one attached hydrogen (secondary N) is 1. The van der Waals surface area contributed by atoms with E-state index in [2.05, 4.69) is 10.3 Å². The van der Waals surface area contributed by atoms with Crippen LogP contribution in [-0.2, 0) is 6.54 Å². The summed E-state index contributed by atoms with van der Waals surface area (Å²) in [5.74, 6) is 1.28. The van der Waals surface area contributed by atoms with E-state index in [1.807, 2.05) is 0 Å². The summed E-state index contributed by atoms with van der Waals surface area (Å²) in [6.07, 6.45) is 4.09. The molecule has 0 spiro atoms. The van der Waals surface area contributed by atoms with Crippen LogP contribution < -0.4 is 5.32 Å². The zero-order chi connectivity index (χ0) is 14.1. The molecule has 0 aliphatic heterocycles. The Labute approximate surface area is 116 Å².